The molecule has 1 aromatic carbocycles. The molecule has 1 atom stereocenters. The number of carbonyl (C=O) groups excluding carboxylic acids is 1. The Labute approximate surface area is 139 Å². The van der Waals surface area contributed by atoms with Gasteiger partial charge in [0, 0.05) is 57.3 Å². The zero-order chi connectivity index (χ0) is 17.7. The predicted octanol–water partition coefficient (Wildman–Crippen LogP) is 0.629. The van der Waals surface area contributed by atoms with Gasteiger partial charge in [-0.2, -0.15) is 0 Å². The first kappa shape index (κ1) is 18.3. The van der Waals surface area contributed by atoms with E-state index in [1.54, 1.807) is 4.90 Å². The van der Waals surface area contributed by atoms with Gasteiger partial charge in [0.05, 0.1) is 6.10 Å². The lowest BCUT2D eigenvalue weighted by molar-refractivity contribution is -0.119. The maximum absolute atomic E-state index is 14.3. The Hall–Kier alpha value is -2.06. The molecular weight excluding hydrogens is 318 g/mol. The van der Waals surface area contributed by atoms with Crippen LogP contribution >= 0.6 is 0 Å². The van der Waals surface area contributed by atoms with Gasteiger partial charge in [0.1, 0.15) is 17.3 Å². The standard InChI is InChI=1S/C16H22F2N4O2/c1-10(23)21-9-12(24)8-15(19)11-6-13(17)16(14(18)7-11)22-4-2-20-3-5-22/h6-7,12,19-20,24H,2-5,8-9H2,1H3,(H,21,23). The maximum Gasteiger partial charge on any atom is 0.216 e. The number of nitrogens with one attached hydrogen (secondary N) is 3. The molecule has 2 rings (SSSR count). The van der Waals surface area contributed by atoms with Gasteiger partial charge < -0.3 is 26.0 Å². The van der Waals surface area contributed by atoms with Crippen LogP contribution in [0.15, 0.2) is 12.1 Å². The number of piperazine rings is 1. The van der Waals surface area contributed by atoms with Crippen molar-refractivity contribution in [3.63, 3.8) is 0 Å². The lowest BCUT2D eigenvalue weighted by Gasteiger charge is -2.30. The van der Waals surface area contributed by atoms with E-state index in [9.17, 15) is 18.7 Å². The normalized spacial score (nSPS) is 15.9. The van der Waals surface area contributed by atoms with Crippen molar-refractivity contribution in [2.75, 3.05) is 37.6 Å². The van der Waals surface area contributed by atoms with Crippen molar-refractivity contribution in [1.29, 1.82) is 5.41 Å². The molecule has 1 unspecified atom stereocenters. The third-order valence-corrected chi connectivity index (χ3v) is 3.82. The minimum Gasteiger partial charge on any atom is -0.391 e. The summed E-state index contributed by atoms with van der Waals surface area (Å²) in [5.74, 6) is -1.72. The Morgan fingerprint density at radius 1 is 1.38 bits per heavy atom. The molecule has 8 heteroatoms. The smallest absolute Gasteiger partial charge is 0.216 e. The lowest BCUT2D eigenvalue weighted by Crippen LogP contribution is -2.44. The molecule has 1 heterocycles. The highest BCUT2D eigenvalue weighted by Crippen LogP contribution is 2.26. The number of benzene rings is 1. The summed E-state index contributed by atoms with van der Waals surface area (Å²) in [5.41, 5.74) is -0.0740. The molecule has 132 valence electrons. The molecule has 0 aliphatic carbocycles. The van der Waals surface area contributed by atoms with E-state index in [4.69, 9.17) is 5.41 Å². The van der Waals surface area contributed by atoms with Crippen molar-refractivity contribution in [2.24, 2.45) is 0 Å². The van der Waals surface area contributed by atoms with Crippen LogP contribution in [0.5, 0.6) is 0 Å². The summed E-state index contributed by atoms with van der Waals surface area (Å²) in [4.78, 5) is 12.4. The number of amides is 1. The zero-order valence-corrected chi connectivity index (χ0v) is 13.5. The van der Waals surface area contributed by atoms with Gasteiger partial charge in [-0.3, -0.25) is 4.79 Å². The molecule has 6 nitrogen and oxygen atoms in total. The average molecular weight is 340 g/mol. The summed E-state index contributed by atoms with van der Waals surface area (Å²) in [6.45, 7) is 3.65. The number of hydrogen-bond donors (Lipinski definition) is 4. The first-order chi connectivity index (χ1) is 11.4. The number of rotatable bonds is 6. The molecule has 0 bridgehead atoms. The first-order valence-electron chi connectivity index (χ1n) is 7.83. The van der Waals surface area contributed by atoms with Crippen molar-refractivity contribution in [3.8, 4) is 0 Å². The highest BCUT2D eigenvalue weighted by atomic mass is 19.1. The van der Waals surface area contributed by atoms with Crippen LogP contribution in [0, 0.1) is 17.0 Å². The summed E-state index contributed by atoms with van der Waals surface area (Å²) < 4.78 is 28.7. The topological polar surface area (TPSA) is 88.5 Å². The fourth-order valence-electron chi connectivity index (χ4n) is 2.62. The Morgan fingerprint density at radius 3 is 2.50 bits per heavy atom. The molecule has 1 aromatic rings. The van der Waals surface area contributed by atoms with E-state index in [1.165, 1.54) is 6.92 Å². The van der Waals surface area contributed by atoms with Crippen LogP contribution in [0.2, 0.25) is 0 Å². The molecule has 0 saturated carbocycles. The van der Waals surface area contributed by atoms with Crippen molar-refractivity contribution in [3.05, 3.63) is 29.3 Å². The third kappa shape index (κ3) is 4.72. The Morgan fingerprint density at radius 2 is 1.96 bits per heavy atom. The van der Waals surface area contributed by atoms with Crippen molar-refractivity contribution in [2.45, 2.75) is 19.4 Å². The van der Waals surface area contributed by atoms with E-state index in [0.717, 1.165) is 12.1 Å². The second-order valence-corrected chi connectivity index (χ2v) is 5.80. The second-order valence-electron chi connectivity index (χ2n) is 5.80. The van der Waals surface area contributed by atoms with Gasteiger partial charge in [-0.05, 0) is 12.1 Å². The van der Waals surface area contributed by atoms with E-state index in [0.29, 0.717) is 26.2 Å². The number of aliphatic hydroxyl groups excluding tert-OH is 1. The maximum atomic E-state index is 14.3. The number of nitrogens with zero attached hydrogens (tertiary/aromatic N) is 1. The first-order valence-corrected chi connectivity index (χ1v) is 7.83. The highest BCUT2D eigenvalue weighted by Gasteiger charge is 2.21. The summed E-state index contributed by atoms with van der Waals surface area (Å²) in [6.07, 6.45) is -1.09. The second kappa shape index (κ2) is 8.16. The molecule has 1 amide bonds. The van der Waals surface area contributed by atoms with E-state index in [2.05, 4.69) is 10.6 Å². The number of hydrogen-bond acceptors (Lipinski definition) is 5. The van der Waals surface area contributed by atoms with Crippen LogP contribution in [0.25, 0.3) is 0 Å². The van der Waals surface area contributed by atoms with Gasteiger partial charge in [0.2, 0.25) is 5.91 Å². The van der Waals surface area contributed by atoms with Crippen LogP contribution in [0.1, 0.15) is 18.9 Å². The molecule has 1 aliphatic heterocycles. The number of halogens is 2. The Kier molecular flexibility index (Phi) is 6.22. The average Bonchev–Trinajstić information content (AvgIpc) is 2.53. The van der Waals surface area contributed by atoms with E-state index in [1.807, 2.05) is 0 Å². The van der Waals surface area contributed by atoms with Gasteiger partial charge >= 0.3 is 0 Å². The quantitative estimate of drug-likeness (QED) is 0.572. The minimum absolute atomic E-state index is 0.0124. The van der Waals surface area contributed by atoms with Crippen LogP contribution in [-0.2, 0) is 4.79 Å². The predicted molar refractivity (Wildman–Crippen MR) is 87.6 cm³/mol. The molecular formula is C16H22F2N4O2. The van der Waals surface area contributed by atoms with Gasteiger partial charge in [-0.25, -0.2) is 8.78 Å². The molecule has 24 heavy (non-hydrogen) atoms. The van der Waals surface area contributed by atoms with E-state index in [-0.39, 0.29) is 35.8 Å². The monoisotopic (exact) mass is 340 g/mol. The summed E-state index contributed by atoms with van der Waals surface area (Å²) in [6, 6.07) is 2.24. The number of aliphatic hydroxyl groups is 1. The van der Waals surface area contributed by atoms with Crippen molar-refractivity contribution < 1.29 is 18.7 Å². The van der Waals surface area contributed by atoms with Gasteiger partial charge in [-0.1, -0.05) is 0 Å². The largest absolute Gasteiger partial charge is 0.391 e. The summed E-state index contributed by atoms with van der Waals surface area (Å²) >= 11 is 0. The molecule has 0 aromatic heterocycles. The number of anilines is 1. The third-order valence-electron chi connectivity index (χ3n) is 3.82. The fourth-order valence-corrected chi connectivity index (χ4v) is 2.62. The van der Waals surface area contributed by atoms with Crippen molar-refractivity contribution >= 4 is 17.3 Å². The van der Waals surface area contributed by atoms with Crippen LogP contribution in [0.4, 0.5) is 14.5 Å². The SMILES string of the molecule is CC(=O)NCC(O)CC(=N)c1cc(F)c(N2CCNCC2)c(F)c1. The van der Waals surface area contributed by atoms with E-state index >= 15 is 0 Å². The Balaban J connectivity index is 2.08. The summed E-state index contributed by atoms with van der Waals surface area (Å²) in [5, 5.41) is 23.2. The minimum atomic E-state index is -0.986. The van der Waals surface area contributed by atoms with Crippen molar-refractivity contribution in [1.82, 2.24) is 10.6 Å². The van der Waals surface area contributed by atoms with Gasteiger partial charge in [-0.15, -0.1) is 0 Å². The molecule has 1 aliphatic rings. The van der Waals surface area contributed by atoms with E-state index < -0.39 is 17.7 Å². The van der Waals surface area contributed by atoms with Crippen LogP contribution in [0.3, 0.4) is 0 Å². The number of carbonyl (C=O) groups is 1. The Bertz CT molecular complexity index is 595. The fraction of sp³-hybridized carbons (Fsp3) is 0.500. The molecule has 0 spiro atoms. The molecule has 1 fully saturated rings. The lowest BCUT2D eigenvalue weighted by atomic mass is 10.0. The molecule has 0 radical (unpaired) electrons. The van der Waals surface area contributed by atoms with Gasteiger partial charge in [0.15, 0.2) is 0 Å². The highest BCUT2D eigenvalue weighted by molar-refractivity contribution is 5.98. The van der Waals surface area contributed by atoms with Gasteiger partial charge in [0.25, 0.3) is 0 Å². The molecule has 4 N–H and O–H groups in total. The zero-order valence-electron chi connectivity index (χ0n) is 13.5. The molecule has 1 saturated heterocycles. The summed E-state index contributed by atoms with van der Waals surface area (Å²) in [7, 11) is 0. The van der Waals surface area contributed by atoms with Crippen LogP contribution < -0.4 is 15.5 Å². The van der Waals surface area contributed by atoms with Crippen LogP contribution in [-0.4, -0.2) is 55.6 Å².